The molecule has 2 amide bonds. The molecule has 0 unspecified atom stereocenters. The van der Waals surface area contributed by atoms with E-state index in [4.69, 9.17) is 8.84 Å². The van der Waals surface area contributed by atoms with Crippen LogP contribution in [0.2, 0.25) is 18.1 Å². The van der Waals surface area contributed by atoms with Gasteiger partial charge in [-0.1, -0.05) is 32.9 Å². The number of fused-ring (bicyclic) bond motifs is 1. The predicted molar refractivity (Wildman–Crippen MR) is 114 cm³/mol. The van der Waals surface area contributed by atoms with E-state index in [1.54, 1.807) is 24.3 Å². The normalized spacial score (nSPS) is 22.8. The van der Waals surface area contributed by atoms with Gasteiger partial charge in [0.2, 0.25) is 11.8 Å². The van der Waals surface area contributed by atoms with Crippen molar-refractivity contribution >= 4 is 20.1 Å². The average molecular weight is 428 g/mol. The lowest BCUT2D eigenvalue weighted by molar-refractivity contribution is 0.0459. The van der Waals surface area contributed by atoms with Crippen LogP contribution in [0.1, 0.15) is 85.1 Å². The summed E-state index contributed by atoms with van der Waals surface area (Å²) in [6.07, 6.45) is 1.02. The van der Waals surface area contributed by atoms with E-state index in [-0.39, 0.29) is 34.9 Å². The molecular formula is C22H29N3O4Si. The number of hydrogen-bond acceptors (Lipinski definition) is 6. The molecule has 1 aromatic carbocycles. The average Bonchev–Trinajstić information content (AvgIpc) is 3.19. The number of carbonyl (C=O) groups is 2. The van der Waals surface area contributed by atoms with Crippen molar-refractivity contribution < 1.29 is 18.4 Å². The summed E-state index contributed by atoms with van der Waals surface area (Å²) in [5.41, 5.74) is 0.977. The van der Waals surface area contributed by atoms with Gasteiger partial charge in [0.25, 0.3) is 11.8 Å². The van der Waals surface area contributed by atoms with Crippen molar-refractivity contribution in [2.45, 2.75) is 76.7 Å². The van der Waals surface area contributed by atoms with Gasteiger partial charge in [-0.25, -0.2) is 0 Å². The highest BCUT2D eigenvalue weighted by Gasteiger charge is 2.47. The molecule has 160 valence electrons. The lowest BCUT2D eigenvalue weighted by atomic mass is 9.79. The van der Waals surface area contributed by atoms with Crippen LogP contribution in [0, 0.1) is 0 Å². The first-order chi connectivity index (χ1) is 14.0. The third kappa shape index (κ3) is 3.41. The van der Waals surface area contributed by atoms with Crippen molar-refractivity contribution in [3.05, 3.63) is 47.2 Å². The highest BCUT2D eigenvalue weighted by atomic mass is 28.4. The van der Waals surface area contributed by atoms with Crippen LogP contribution >= 0.6 is 0 Å². The first-order valence-corrected chi connectivity index (χ1v) is 13.4. The van der Waals surface area contributed by atoms with Crippen LogP contribution in [0.3, 0.4) is 0 Å². The van der Waals surface area contributed by atoms with Gasteiger partial charge in [0.15, 0.2) is 8.32 Å². The molecule has 1 saturated carbocycles. The minimum absolute atomic E-state index is 0.0561. The zero-order chi connectivity index (χ0) is 21.8. The zero-order valence-corrected chi connectivity index (χ0v) is 19.4. The van der Waals surface area contributed by atoms with Crippen molar-refractivity contribution in [2.75, 3.05) is 0 Å². The molecule has 0 saturated heterocycles. The summed E-state index contributed by atoms with van der Waals surface area (Å²) in [6, 6.07) is 6.85. The standard InChI is InChI=1S/C22H29N3O4Si/c1-13(29-30(5,6)22(2,3)4)18-23-24-19(28-18)14-11-15(12-14)25-20(26)16-9-7-8-10-17(16)21(25)27/h7-10,13-15H,11-12H2,1-6H3/t13-,14-,15-/m1/s1. The summed E-state index contributed by atoms with van der Waals surface area (Å²) in [5.74, 6) is 0.687. The monoisotopic (exact) mass is 427 g/mol. The second-order valence-corrected chi connectivity index (χ2v) is 14.6. The Hall–Kier alpha value is -2.32. The van der Waals surface area contributed by atoms with Gasteiger partial charge in [-0.15, -0.1) is 10.2 Å². The smallest absolute Gasteiger partial charge is 0.261 e. The Balaban J connectivity index is 1.39. The van der Waals surface area contributed by atoms with Gasteiger partial charge in [0, 0.05) is 12.0 Å². The first-order valence-electron chi connectivity index (χ1n) is 10.5. The summed E-state index contributed by atoms with van der Waals surface area (Å²) >= 11 is 0. The van der Waals surface area contributed by atoms with Crippen LogP contribution in [-0.2, 0) is 4.43 Å². The molecule has 2 aromatic rings. The molecule has 30 heavy (non-hydrogen) atoms. The van der Waals surface area contributed by atoms with Crippen LogP contribution in [0.5, 0.6) is 0 Å². The molecule has 1 aromatic heterocycles. The topological polar surface area (TPSA) is 85.5 Å². The molecule has 0 N–H and O–H groups in total. The Kier molecular flexibility index (Phi) is 4.97. The fraction of sp³-hybridized carbons (Fsp3) is 0.545. The van der Waals surface area contributed by atoms with Crippen molar-refractivity contribution in [3.63, 3.8) is 0 Å². The number of rotatable bonds is 5. The van der Waals surface area contributed by atoms with E-state index in [0.29, 0.717) is 35.7 Å². The number of carbonyl (C=O) groups excluding carboxylic acids is 2. The fourth-order valence-electron chi connectivity index (χ4n) is 3.78. The molecule has 1 aliphatic carbocycles. The molecule has 4 rings (SSSR count). The van der Waals surface area contributed by atoms with Gasteiger partial charge in [0.05, 0.1) is 11.1 Å². The minimum atomic E-state index is -1.95. The lowest BCUT2D eigenvalue weighted by Gasteiger charge is -2.38. The maximum atomic E-state index is 12.6. The van der Waals surface area contributed by atoms with E-state index >= 15 is 0 Å². The summed E-state index contributed by atoms with van der Waals surface area (Å²) in [6.45, 7) is 12.9. The van der Waals surface area contributed by atoms with Crippen LogP contribution in [0.4, 0.5) is 0 Å². The SMILES string of the molecule is C[C@@H](O[Si](C)(C)C(C)(C)C)c1nnc([C@H]2C[C@H](N3C(=O)c4ccccc4C3=O)C2)o1. The summed E-state index contributed by atoms with van der Waals surface area (Å²) in [4.78, 5) is 26.7. The Morgan fingerprint density at radius 3 is 2.20 bits per heavy atom. The van der Waals surface area contributed by atoms with Gasteiger partial charge >= 0.3 is 0 Å². The number of aromatic nitrogens is 2. The number of hydrogen-bond donors (Lipinski definition) is 0. The number of amides is 2. The van der Waals surface area contributed by atoms with E-state index in [0.717, 1.165) is 0 Å². The molecule has 0 bridgehead atoms. The van der Waals surface area contributed by atoms with Gasteiger partial charge in [-0.3, -0.25) is 14.5 Å². The highest BCUT2D eigenvalue weighted by molar-refractivity contribution is 6.74. The largest absolute Gasteiger partial charge is 0.422 e. The molecule has 8 heteroatoms. The molecule has 7 nitrogen and oxygen atoms in total. The van der Waals surface area contributed by atoms with Crippen molar-refractivity contribution in [2.24, 2.45) is 0 Å². The van der Waals surface area contributed by atoms with Gasteiger partial charge in [-0.05, 0) is 50.0 Å². The summed E-state index contributed by atoms with van der Waals surface area (Å²) in [7, 11) is -1.95. The molecule has 0 spiro atoms. The molecule has 1 fully saturated rings. The number of benzene rings is 1. The van der Waals surface area contributed by atoms with Gasteiger partial charge in [0.1, 0.15) is 6.10 Å². The van der Waals surface area contributed by atoms with E-state index in [1.807, 2.05) is 6.92 Å². The lowest BCUT2D eigenvalue weighted by Crippen LogP contribution is -2.46. The van der Waals surface area contributed by atoms with Crippen LogP contribution in [-0.4, -0.2) is 41.3 Å². The Morgan fingerprint density at radius 1 is 1.10 bits per heavy atom. The second-order valence-electron chi connectivity index (χ2n) is 9.85. The van der Waals surface area contributed by atoms with E-state index in [9.17, 15) is 9.59 Å². The zero-order valence-electron chi connectivity index (χ0n) is 18.4. The fourth-order valence-corrected chi connectivity index (χ4v) is 5.12. The Morgan fingerprint density at radius 2 is 1.67 bits per heavy atom. The van der Waals surface area contributed by atoms with Gasteiger partial charge < -0.3 is 8.84 Å². The van der Waals surface area contributed by atoms with E-state index in [2.05, 4.69) is 44.1 Å². The molecule has 0 radical (unpaired) electrons. The third-order valence-electron chi connectivity index (χ3n) is 6.73. The maximum absolute atomic E-state index is 12.6. The first kappa shape index (κ1) is 20.9. The minimum Gasteiger partial charge on any atom is -0.422 e. The van der Waals surface area contributed by atoms with Crippen LogP contribution in [0.25, 0.3) is 0 Å². The van der Waals surface area contributed by atoms with E-state index < -0.39 is 8.32 Å². The predicted octanol–water partition coefficient (Wildman–Crippen LogP) is 4.69. The summed E-state index contributed by atoms with van der Waals surface area (Å²) in [5, 5.41) is 8.52. The van der Waals surface area contributed by atoms with Crippen molar-refractivity contribution in [1.82, 2.24) is 15.1 Å². The molecule has 2 aliphatic rings. The van der Waals surface area contributed by atoms with E-state index in [1.165, 1.54) is 4.90 Å². The van der Waals surface area contributed by atoms with Crippen molar-refractivity contribution in [1.29, 1.82) is 0 Å². The highest BCUT2D eigenvalue weighted by Crippen LogP contribution is 2.43. The third-order valence-corrected chi connectivity index (χ3v) is 11.3. The van der Waals surface area contributed by atoms with Crippen LogP contribution in [0.15, 0.2) is 28.7 Å². The summed E-state index contributed by atoms with van der Waals surface area (Å²) < 4.78 is 12.3. The van der Waals surface area contributed by atoms with Crippen molar-refractivity contribution in [3.8, 4) is 0 Å². The molecular weight excluding hydrogens is 398 g/mol. The van der Waals surface area contributed by atoms with Crippen LogP contribution < -0.4 is 0 Å². The number of imide groups is 1. The Bertz CT molecular complexity index is 953. The van der Waals surface area contributed by atoms with Gasteiger partial charge in [-0.2, -0.15) is 0 Å². The molecule has 1 atom stereocenters. The Labute approximate surface area is 177 Å². The number of nitrogens with zero attached hydrogens (tertiary/aromatic N) is 3. The maximum Gasteiger partial charge on any atom is 0.261 e. The second kappa shape index (κ2) is 7.13. The molecule has 2 heterocycles. The quantitative estimate of drug-likeness (QED) is 0.508. The molecule has 1 aliphatic heterocycles.